The third-order valence-corrected chi connectivity index (χ3v) is 2.78. The molecule has 0 bridgehead atoms. The Labute approximate surface area is 129 Å². The fourth-order valence-electron chi connectivity index (χ4n) is 1.30. The number of rotatable bonds is 4. The number of nitrogens with zero attached hydrogens (tertiary/aromatic N) is 1. The Morgan fingerprint density at radius 2 is 1.93 bits per heavy atom. The number of morpholine rings is 1. The molecule has 0 spiro atoms. The van der Waals surface area contributed by atoms with E-state index in [0.29, 0.717) is 26.2 Å². The van der Waals surface area contributed by atoms with E-state index in [4.69, 9.17) is 9.29 Å². The van der Waals surface area contributed by atoms with Gasteiger partial charge >= 0.3 is 51.4 Å². The van der Waals surface area contributed by atoms with Crippen LogP contribution in [0.1, 0.15) is 7.85 Å². The van der Waals surface area contributed by atoms with Gasteiger partial charge in [0.15, 0.2) is 0 Å². The normalized spacial score (nSPS) is 18.9. The Morgan fingerprint density at radius 3 is 2.43 bits per heavy atom. The minimum absolute atomic E-state index is 0. The number of hydrogen-bond acceptors (Lipinski definition) is 4. The van der Waals surface area contributed by atoms with Crippen LogP contribution in [0.5, 0.6) is 0 Å². The molecule has 0 atom stereocenters. The van der Waals surface area contributed by atoms with E-state index in [1.807, 2.05) is 0 Å². The van der Waals surface area contributed by atoms with Crippen molar-refractivity contribution in [2.75, 3.05) is 38.6 Å². The van der Waals surface area contributed by atoms with Gasteiger partial charge in [0.25, 0.3) is 10.1 Å². The summed E-state index contributed by atoms with van der Waals surface area (Å²) in [6.45, 7) is 3.85. The molecule has 0 radical (unpaired) electrons. The van der Waals surface area contributed by atoms with Gasteiger partial charge in [0.1, 0.15) is 0 Å². The van der Waals surface area contributed by atoms with Gasteiger partial charge in [-0.2, -0.15) is 8.42 Å². The van der Waals surface area contributed by atoms with E-state index in [1.54, 1.807) is 0 Å². The summed E-state index contributed by atoms with van der Waals surface area (Å²) in [7, 11) is -3.78. The Bertz CT molecular complexity index is 243. The summed E-state index contributed by atoms with van der Waals surface area (Å²) >= 11 is 0. The van der Waals surface area contributed by atoms with Crippen LogP contribution in [0.25, 0.3) is 0 Å². The first-order chi connectivity index (χ1) is 6.08. The van der Waals surface area contributed by atoms with Gasteiger partial charge < -0.3 is 6.16 Å². The molecule has 1 aliphatic heterocycles. The van der Waals surface area contributed by atoms with Gasteiger partial charge in [-0.05, 0) is 13.0 Å². The predicted molar refractivity (Wildman–Crippen MR) is 49.4 cm³/mol. The van der Waals surface area contributed by atoms with E-state index in [2.05, 4.69) is 4.90 Å². The Morgan fingerprint density at radius 1 is 1.36 bits per heavy atom. The minimum Gasteiger partial charge on any atom is -1.00 e. The zero-order valence-corrected chi connectivity index (χ0v) is 12.4. The van der Waals surface area contributed by atoms with Crippen LogP contribution < -0.4 is 51.4 Å². The standard InChI is InChI=1S/C7H15NO4S.K.H/c9-13(10,11)7-1-2-8-3-5-12-6-4-8;;/h1-7H2,(H,9,10,11);;/q;+1;-1. The summed E-state index contributed by atoms with van der Waals surface area (Å²) in [5.74, 6) is -0.148. The zero-order valence-electron chi connectivity index (χ0n) is 9.48. The van der Waals surface area contributed by atoms with Crippen molar-refractivity contribution in [2.24, 2.45) is 0 Å². The van der Waals surface area contributed by atoms with Gasteiger partial charge in [0.2, 0.25) is 0 Å². The molecule has 1 saturated heterocycles. The van der Waals surface area contributed by atoms with Crippen molar-refractivity contribution in [2.45, 2.75) is 6.42 Å². The molecule has 14 heavy (non-hydrogen) atoms. The van der Waals surface area contributed by atoms with Crippen molar-refractivity contribution >= 4 is 10.1 Å². The first-order valence-corrected chi connectivity index (χ1v) is 5.94. The van der Waals surface area contributed by atoms with Crippen LogP contribution in [0.3, 0.4) is 0 Å². The van der Waals surface area contributed by atoms with Crippen LogP contribution in [-0.4, -0.2) is 56.5 Å². The Hall–Kier alpha value is 1.47. The topological polar surface area (TPSA) is 66.8 Å². The van der Waals surface area contributed by atoms with Gasteiger partial charge in [-0.25, -0.2) is 0 Å². The number of ether oxygens (including phenoxy) is 1. The average molecular weight is 249 g/mol. The first-order valence-electron chi connectivity index (χ1n) is 4.33. The molecular weight excluding hydrogens is 233 g/mol. The predicted octanol–water partition coefficient (Wildman–Crippen LogP) is -3.29. The summed E-state index contributed by atoms with van der Waals surface area (Å²) < 4.78 is 34.4. The molecule has 0 aromatic rings. The van der Waals surface area contributed by atoms with Crippen LogP contribution in [0.2, 0.25) is 0 Å². The number of hydrogen-bond donors (Lipinski definition) is 1. The van der Waals surface area contributed by atoms with Gasteiger partial charge in [-0.15, -0.1) is 0 Å². The smallest absolute Gasteiger partial charge is 1.00 e. The quantitative estimate of drug-likeness (QED) is 0.418. The van der Waals surface area contributed by atoms with E-state index < -0.39 is 10.1 Å². The fourth-order valence-corrected chi connectivity index (χ4v) is 1.79. The molecule has 7 heteroatoms. The van der Waals surface area contributed by atoms with E-state index in [-0.39, 0.29) is 58.6 Å². The molecule has 0 aliphatic carbocycles. The molecule has 0 unspecified atom stereocenters. The molecule has 5 nitrogen and oxygen atoms in total. The molecule has 0 aromatic heterocycles. The van der Waals surface area contributed by atoms with E-state index in [1.165, 1.54) is 0 Å². The van der Waals surface area contributed by atoms with Gasteiger partial charge in [0.05, 0.1) is 19.0 Å². The average Bonchev–Trinajstić information content (AvgIpc) is 2.04. The summed E-state index contributed by atoms with van der Waals surface area (Å²) in [6.07, 6.45) is 0.485. The maximum atomic E-state index is 10.4. The van der Waals surface area contributed by atoms with E-state index in [0.717, 1.165) is 13.1 Å². The molecular formula is C7H16KNO4S. The van der Waals surface area contributed by atoms with E-state index in [9.17, 15) is 8.42 Å². The molecule has 1 N–H and O–H groups in total. The van der Waals surface area contributed by atoms with Crippen molar-refractivity contribution in [3.63, 3.8) is 0 Å². The van der Waals surface area contributed by atoms with Crippen molar-refractivity contribution < 1.29 is 70.5 Å². The maximum Gasteiger partial charge on any atom is 1.00 e. The Kier molecular flexibility index (Phi) is 8.50. The van der Waals surface area contributed by atoms with Crippen molar-refractivity contribution in [1.82, 2.24) is 4.90 Å². The second-order valence-electron chi connectivity index (χ2n) is 3.09. The monoisotopic (exact) mass is 249 g/mol. The molecule has 0 amide bonds. The Balaban J connectivity index is 0. The van der Waals surface area contributed by atoms with Gasteiger partial charge in [0, 0.05) is 13.1 Å². The molecule has 80 valence electrons. The first kappa shape index (κ1) is 15.5. The molecule has 1 aliphatic rings. The summed E-state index contributed by atoms with van der Waals surface area (Å²) in [4.78, 5) is 2.13. The van der Waals surface area contributed by atoms with Crippen LogP contribution >= 0.6 is 0 Å². The second-order valence-corrected chi connectivity index (χ2v) is 4.67. The van der Waals surface area contributed by atoms with Crippen LogP contribution in [0.15, 0.2) is 0 Å². The fraction of sp³-hybridized carbons (Fsp3) is 1.00. The second kappa shape index (κ2) is 7.69. The summed E-state index contributed by atoms with van der Waals surface area (Å²) in [5.41, 5.74) is 0. The molecule has 0 aromatic carbocycles. The van der Waals surface area contributed by atoms with Crippen LogP contribution in [-0.2, 0) is 14.9 Å². The van der Waals surface area contributed by atoms with Gasteiger partial charge in [-0.1, -0.05) is 0 Å². The van der Waals surface area contributed by atoms with Crippen LogP contribution in [0, 0.1) is 0 Å². The van der Waals surface area contributed by atoms with Crippen molar-refractivity contribution in [3.05, 3.63) is 0 Å². The van der Waals surface area contributed by atoms with Crippen molar-refractivity contribution in [3.8, 4) is 0 Å². The van der Waals surface area contributed by atoms with Crippen LogP contribution in [0.4, 0.5) is 0 Å². The van der Waals surface area contributed by atoms with Crippen molar-refractivity contribution in [1.29, 1.82) is 0 Å². The minimum atomic E-state index is -3.78. The van der Waals surface area contributed by atoms with Gasteiger partial charge in [-0.3, -0.25) is 9.45 Å². The third kappa shape index (κ3) is 7.72. The molecule has 1 heterocycles. The van der Waals surface area contributed by atoms with E-state index >= 15 is 0 Å². The third-order valence-electron chi connectivity index (χ3n) is 1.98. The SMILES string of the molecule is O=S(=O)(O)CCCN1CCOCC1.[H-].[K+]. The zero-order chi connectivity index (χ0) is 9.73. The summed E-state index contributed by atoms with van der Waals surface area (Å²) in [6, 6.07) is 0. The summed E-state index contributed by atoms with van der Waals surface area (Å²) in [5, 5.41) is 0. The molecule has 1 fully saturated rings. The molecule has 1 rings (SSSR count). The largest absolute Gasteiger partial charge is 1.00 e. The maximum absolute atomic E-state index is 10.4. The molecule has 0 saturated carbocycles.